The lowest BCUT2D eigenvalue weighted by Gasteiger charge is -2.20. The zero-order valence-corrected chi connectivity index (χ0v) is 18.1. The zero-order chi connectivity index (χ0) is 21.9. The molecular formula is C20H20ClN3O5S. The molecule has 0 spiro atoms. The van der Waals surface area contributed by atoms with Gasteiger partial charge in [0.15, 0.2) is 6.61 Å². The molecule has 0 saturated carbocycles. The van der Waals surface area contributed by atoms with E-state index in [2.05, 4.69) is 14.9 Å². The Balaban J connectivity index is 1.64. The maximum absolute atomic E-state index is 12.3. The highest BCUT2D eigenvalue weighted by Gasteiger charge is 2.22. The molecule has 10 heteroatoms. The lowest BCUT2D eigenvalue weighted by atomic mass is 10.1. The number of rotatable bonds is 6. The fourth-order valence-electron chi connectivity index (χ4n) is 2.50. The van der Waals surface area contributed by atoms with E-state index in [1.54, 1.807) is 45.0 Å². The number of carbonyl (C=O) groups excluding carboxylic acids is 1. The molecule has 0 atom stereocenters. The van der Waals surface area contributed by atoms with Crippen LogP contribution in [-0.2, 0) is 21.4 Å². The van der Waals surface area contributed by atoms with Crippen molar-refractivity contribution in [2.75, 3.05) is 0 Å². The highest BCUT2D eigenvalue weighted by molar-refractivity contribution is 7.89. The largest absolute Gasteiger partial charge is 0.454 e. The summed E-state index contributed by atoms with van der Waals surface area (Å²) in [5.41, 5.74) is 0.147. The molecule has 1 heterocycles. The summed E-state index contributed by atoms with van der Waals surface area (Å²) in [6.07, 6.45) is 0. The molecule has 1 N–H and O–H groups in total. The van der Waals surface area contributed by atoms with Crippen LogP contribution in [0.15, 0.2) is 57.9 Å². The maximum atomic E-state index is 12.3. The van der Waals surface area contributed by atoms with Gasteiger partial charge < -0.3 is 9.26 Å². The molecule has 3 aromatic rings. The standard InChI is InChI=1S/C20H20ClN3O5S/c1-20(2,3)24-30(26,27)14-10-8-13(9-11-14)19(25)28-12-17-22-18(29-23-17)15-6-4-5-7-16(15)21/h4-11,24H,12H2,1-3H3. The number of benzene rings is 2. The molecule has 0 aliphatic rings. The quantitative estimate of drug-likeness (QED) is 0.569. The van der Waals surface area contributed by atoms with Crippen molar-refractivity contribution in [2.45, 2.75) is 37.8 Å². The second-order valence-corrected chi connectivity index (χ2v) is 9.54. The summed E-state index contributed by atoms with van der Waals surface area (Å²) in [5.74, 6) is -0.258. The topological polar surface area (TPSA) is 111 Å². The minimum absolute atomic E-state index is 0.0523. The van der Waals surface area contributed by atoms with E-state index >= 15 is 0 Å². The molecule has 0 aliphatic heterocycles. The highest BCUT2D eigenvalue weighted by Crippen LogP contribution is 2.26. The van der Waals surface area contributed by atoms with Gasteiger partial charge >= 0.3 is 5.97 Å². The van der Waals surface area contributed by atoms with Crippen molar-refractivity contribution in [1.29, 1.82) is 0 Å². The minimum atomic E-state index is -3.69. The summed E-state index contributed by atoms with van der Waals surface area (Å²) < 4.78 is 37.5. The summed E-state index contributed by atoms with van der Waals surface area (Å²) in [4.78, 5) is 16.5. The van der Waals surface area contributed by atoms with Gasteiger partial charge in [0.1, 0.15) is 0 Å². The normalized spacial score (nSPS) is 12.0. The molecule has 0 fully saturated rings. The Morgan fingerprint density at radius 1 is 1.13 bits per heavy atom. The lowest BCUT2D eigenvalue weighted by Crippen LogP contribution is -2.40. The first-order valence-electron chi connectivity index (χ1n) is 8.94. The van der Waals surface area contributed by atoms with Crippen LogP contribution in [0.2, 0.25) is 5.02 Å². The molecule has 0 radical (unpaired) electrons. The van der Waals surface area contributed by atoms with Gasteiger partial charge in [-0.05, 0) is 57.2 Å². The number of ether oxygens (including phenoxy) is 1. The zero-order valence-electron chi connectivity index (χ0n) is 16.5. The average Bonchev–Trinajstić information content (AvgIpc) is 3.13. The van der Waals surface area contributed by atoms with E-state index < -0.39 is 21.5 Å². The summed E-state index contributed by atoms with van der Waals surface area (Å²) in [7, 11) is -3.69. The third-order valence-electron chi connectivity index (χ3n) is 3.75. The van der Waals surface area contributed by atoms with Crippen molar-refractivity contribution in [3.05, 3.63) is 64.9 Å². The van der Waals surface area contributed by atoms with Crippen molar-refractivity contribution in [3.8, 4) is 11.5 Å². The first-order valence-corrected chi connectivity index (χ1v) is 10.8. The Labute approximate surface area is 179 Å². The molecule has 3 rings (SSSR count). The minimum Gasteiger partial charge on any atom is -0.454 e. The molecule has 0 unspecified atom stereocenters. The Bertz CT molecular complexity index is 1150. The van der Waals surface area contributed by atoms with Crippen LogP contribution in [0.25, 0.3) is 11.5 Å². The van der Waals surface area contributed by atoms with Gasteiger partial charge in [0, 0.05) is 5.54 Å². The van der Waals surface area contributed by atoms with Crippen molar-refractivity contribution >= 4 is 27.6 Å². The summed E-state index contributed by atoms with van der Waals surface area (Å²) in [6, 6.07) is 12.4. The molecule has 0 aliphatic carbocycles. The summed E-state index contributed by atoms with van der Waals surface area (Å²) in [5, 5.41) is 4.23. The first kappa shape index (κ1) is 21.9. The van der Waals surface area contributed by atoms with E-state index in [1.807, 2.05) is 0 Å². The number of carbonyl (C=O) groups is 1. The van der Waals surface area contributed by atoms with Crippen molar-refractivity contribution in [1.82, 2.24) is 14.9 Å². The third-order valence-corrected chi connectivity index (χ3v) is 5.85. The van der Waals surface area contributed by atoms with Gasteiger partial charge in [0.25, 0.3) is 5.89 Å². The second kappa shape index (κ2) is 8.55. The number of aromatic nitrogens is 2. The Hall–Kier alpha value is -2.75. The van der Waals surface area contributed by atoms with E-state index in [0.29, 0.717) is 10.6 Å². The van der Waals surface area contributed by atoms with Gasteiger partial charge in [0.05, 0.1) is 21.0 Å². The molecular weight excluding hydrogens is 430 g/mol. The predicted octanol–water partition coefficient (Wildman–Crippen LogP) is 3.82. The van der Waals surface area contributed by atoms with Crippen LogP contribution in [0.1, 0.15) is 37.0 Å². The number of hydrogen-bond donors (Lipinski definition) is 1. The number of halogens is 1. The van der Waals surface area contributed by atoms with E-state index in [4.69, 9.17) is 20.9 Å². The Morgan fingerprint density at radius 3 is 2.43 bits per heavy atom. The van der Waals surface area contributed by atoms with Crippen LogP contribution in [0, 0.1) is 0 Å². The van der Waals surface area contributed by atoms with Crippen molar-refractivity contribution < 1.29 is 22.5 Å². The highest BCUT2D eigenvalue weighted by atomic mass is 35.5. The molecule has 0 amide bonds. The van der Waals surface area contributed by atoms with Crippen LogP contribution in [0.3, 0.4) is 0 Å². The molecule has 158 valence electrons. The smallest absolute Gasteiger partial charge is 0.338 e. The monoisotopic (exact) mass is 449 g/mol. The van der Waals surface area contributed by atoms with E-state index in [-0.39, 0.29) is 28.8 Å². The summed E-state index contributed by atoms with van der Waals surface area (Å²) in [6.45, 7) is 5.01. The fraction of sp³-hybridized carbons (Fsp3) is 0.250. The van der Waals surface area contributed by atoms with Crippen molar-refractivity contribution in [2.24, 2.45) is 0 Å². The van der Waals surface area contributed by atoms with Crippen LogP contribution in [-0.4, -0.2) is 30.1 Å². The molecule has 0 saturated heterocycles. The molecule has 8 nitrogen and oxygen atoms in total. The second-order valence-electron chi connectivity index (χ2n) is 7.45. The Morgan fingerprint density at radius 2 is 1.80 bits per heavy atom. The van der Waals surface area contributed by atoms with Gasteiger partial charge in [-0.3, -0.25) is 0 Å². The number of hydrogen-bond acceptors (Lipinski definition) is 7. The SMILES string of the molecule is CC(C)(C)NS(=O)(=O)c1ccc(C(=O)OCc2noc(-c3ccccc3Cl)n2)cc1. The van der Waals surface area contributed by atoms with E-state index in [0.717, 1.165) is 0 Å². The summed E-state index contributed by atoms with van der Waals surface area (Å²) >= 11 is 6.10. The van der Waals surface area contributed by atoms with Gasteiger partial charge in [-0.1, -0.05) is 28.9 Å². The Kier molecular flexibility index (Phi) is 6.25. The van der Waals surface area contributed by atoms with Crippen molar-refractivity contribution in [3.63, 3.8) is 0 Å². The van der Waals surface area contributed by atoms with Crippen LogP contribution >= 0.6 is 11.6 Å². The van der Waals surface area contributed by atoms with Gasteiger partial charge in [-0.15, -0.1) is 0 Å². The van der Waals surface area contributed by atoms with Gasteiger partial charge in [-0.25, -0.2) is 17.9 Å². The lowest BCUT2D eigenvalue weighted by molar-refractivity contribution is 0.0459. The molecule has 30 heavy (non-hydrogen) atoms. The average molecular weight is 450 g/mol. The molecule has 2 aromatic carbocycles. The van der Waals surface area contributed by atoms with Gasteiger partial charge in [-0.2, -0.15) is 4.98 Å². The fourth-order valence-corrected chi connectivity index (χ4v) is 4.14. The number of sulfonamides is 1. The number of nitrogens with zero attached hydrogens (tertiary/aromatic N) is 2. The van der Waals surface area contributed by atoms with E-state index in [9.17, 15) is 13.2 Å². The third kappa shape index (κ3) is 5.44. The van der Waals surface area contributed by atoms with Crippen LogP contribution < -0.4 is 4.72 Å². The van der Waals surface area contributed by atoms with E-state index in [1.165, 1.54) is 24.3 Å². The molecule has 1 aromatic heterocycles. The number of nitrogens with one attached hydrogen (secondary N) is 1. The predicted molar refractivity (Wildman–Crippen MR) is 110 cm³/mol. The van der Waals surface area contributed by atoms with Crippen LogP contribution in [0.5, 0.6) is 0 Å². The first-order chi connectivity index (χ1) is 14.0. The molecule has 0 bridgehead atoms. The number of esters is 1. The van der Waals surface area contributed by atoms with Crippen LogP contribution in [0.4, 0.5) is 0 Å². The maximum Gasteiger partial charge on any atom is 0.338 e. The van der Waals surface area contributed by atoms with Gasteiger partial charge in [0.2, 0.25) is 15.8 Å².